The maximum atomic E-state index is 13.7. The highest BCUT2D eigenvalue weighted by atomic mass is 19.1. The molecular formula is C19H23F2N3O. The Hall–Kier alpha value is -2.24. The van der Waals surface area contributed by atoms with Gasteiger partial charge in [-0.3, -0.25) is 9.48 Å². The second-order valence-corrected chi connectivity index (χ2v) is 6.74. The minimum absolute atomic E-state index is 0.0462. The number of benzene rings is 1. The lowest BCUT2D eigenvalue weighted by molar-refractivity contribution is -0.133. The fraction of sp³-hybridized carbons (Fsp3) is 0.474. The highest BCUT2D eigenvalue weighted by Crippen LogP contribution is 2.23. The summed E-state index contributed by atoms with van der Waals surface area (Å²) in [6, 6.07) is 5.84. The molecule has 1 atom stereocenters. The minimum atomic E-state index is -0.488. The molecule has 3 rings (SSSR count). The van der Waals surface area contributed by atoms with Crippen molar-refractivity contribution in [1.82, 2.24) is 14.7 Å². The van der Waals surface area contributed by atoms with Crippen molar-refractivity contribution in [3.05, 3.63) is 53.4 Å². The van der Waals surface area contributed by atoms with Crippen LogP contribution in [0.15, 0.2) is 30.5 Å². The zero-order chi connectivity index (χ0) is 17.8. The van der Waals surface area contributed by atoms with Crippen LogP contribution in [-0.2, 0) is 17.8 Å². The summed E-state index contributed by atoms with van der Waals surface area (Å²) in [5.41, 5.74) is 1.04. The SMILES string of the molecule is Cc1ccn(CC(=O)N2CCC[C@H](CCc3c(F)cccc3F)C2)n1. The van der Waals surface area contributed by atoms with Crippen LogP contribution < -0.4 is 0 Å². The van der Waals surface area contributed by atoms with E-state index in [1.807, 2.05) is 17.9 Å². The van der Waals surface area contributed by atoms with Crippen LogP contribution in [-0.4, -0.2) is 33.7 Å². The summed E-state index contributed by atoms with van der Waals surface area (Å²) in [6.45, 7) is 3.51. The highest BCUT2D eigenvalue weighted by Gasteiger charge is 2.24. The van der Waals surface area contributed by atoms with E-state index in [9.17, 15) is 13.6 Å². The number of carbonyl (C=O) groups is 1. The van der Waals surface area contributed by atoms with Crippen LogP contribution in [0, 0.1) is 24.5 Å². The van der Waals surface area contributed by atoms with Crippen molar-refractivity contribution in [3.63, 3.8) is 0 Å². The third-order valence-electron chi connectivity index (χ3n) is 4.81. The summed E-state index contributed by atoms with van der Waals surface area (Å²) in [6.07, 6.45) is 4.76. The molecule has 4 nitrogen and oxygen atoms in total. The van der Waals surface area contributed by atoms with Crippen LogP contribution in [0.1, 0.15) is 30.5 Å². The number of aryl methyl sites for hydroxylation is 1. The van der Waals surface area contributed by atoms with Crippen LogP contribution in [0.3, 0.4) is 0 Å². The smallest absolute Gasteiger partial charge is 0.244 e. The van der Waals surface area contributed by atoms with E-state index in [-0.39, 0.29) is 23.9 Å². The molecule has 1 aliphatic rings. The van der Waals surface area contributed by atoms with E-state index in [1.54, 1.807) is 10.9 Å². The molecule has 0 saturated carbocycles. The van der Waals surface area contributed by atoms with Gasteiger partial charge >= 0.3 is 0 Å². The van der Waals surface area contributed by atoms with Crippen LogP contribution >= 0.6 is 0 Å². The molecule has 1 saturated heterocycles. The number of piperidine rings is 1. The quantitative estimate of drug-likeness (QED) is 0.832. The first-order valence-corrected chi connectivity index (χ1v) is 8.73. The predicted octanol–water partition coefficient (Wildman–Crippen LogP) is 3.34. The summed E-state index contributed by atoms with van der Waals surface area (Å²) in [5, 5.41) is 4.25. The molecule has 2 heterocycles. The van der Waals surface area contributed by atoms with E-state index in [4.69, 9.17) is 0 Å². The van der Waals surface area contributed by atoms with Crippen LogP contribution in [0.25, 0.3) is 0 Å². The minimum Gasteiger partial charge on any atom is -0.341 e. The molecule has 0 spiro atoms. The Bertz CT molecular complexity index is 724. The van der Waals surface area contributed by atoms with Crippen molar-refractivity contribution >= 4 is 5.91 Å². The molecule has 1 aromatic carbocycles. The first kappa shape index (κ1) is 17.6. The van der Waals surface area contributed by atoms with Gasteiger partial charge < -0.3 is 4.90 Å². The molecule has 1 aromatic heterocycles. The number of halogens is 2. The average molecular weight is 347 g/mol. The molecule has 0 radical (unpaired) electrons. The number of likely N-dealkylation sites (tertiary alicyclic amines) is 1. The number of hydrogen-bond donors (Lipinski definition) is 0. The maximum absolute atomic E-state index is 13.7. The fourth-order valence-electron chi connectivity index (χ4n) is 3.44. The largest absolute Gasteiger partial charge is 0.341 e. The van der Waals surface area contributed by atoms with E-state index in [2.05, 4.69) is 5.10 Å². The molecule has 0 unspecified atom stereocenters. The Morgan fingerprint density at radius 2 is 2.04 bits per heavy atom. The lowest BCUT2D eigenvalue weighted by atomic mass is 9.91. The Labute approximate surface area is 146 Å². The van der Waals surface area contributed by atoms with Gasteiger partial charge in [-0.25, -0.2) is 8.78 Å². The van der Waals surface area contributed by atoms with Gasteiger partial charge in [0.2, 0.25) is 5.91 Å². The van der Waals surface area contributed by atoms with Gasteiger partial charge in [0.05, 0.1) is 5.69 Å². The number of aromatic nitrogens is 2. The van der Waals surface area contributed by atoms with Gasteiger partial charge in [-0.15, -0.1) is 0 Å². The normalized spacial score (nSPS) is 17.7. The van der Waals surface area contributed by atoms with Crippen LogP contribution in [0.2, 0.25) is 0 Å². The van der Waals surface area contributed by atoms with Gasteiger partial charge in [0.25, 0.3) is 0 Å². The van der Waals surface area contributed by atoms with Gasteiger partial charge in [-0.05, 0) is 56.7 Å². The lowest BCUT2D eigenvalue weighted by Crippen LogP contribution is -2.41. The molecule has 0 bridgehead atoms. The zero-order valence-corrected chi connectivity index (χ0v) is 14.4. The molecule has 6 heteroatoms. The standard InChI is InChI=1S/C19H23F2N3O/c1-14-9-11-24(22-14)13-19(25)23-10-3-4-15(12-23)7-8-16-17(20)5-2-6-18(16)21/h2,5-6,9,11,15H,3-4,7-8,10,12-13H2,1H3/t15-/m1/s1. The van der Waals surface area contributed by atoms with Crippen molar-refractivity contribution in [3.8, 4) is 0 Å². The molecule has 0 N–H and O–H groups in total. The monoisotopic (exact) mass is 347 g/mol. The van der Waals surface area contributed by atoms with E-state index in [0.717, 1.165) is 25.1 Å². The Morgan fingerprint density at radius 1 is 1.28 bits per heavy atom. The lowest BCUT2D eigenvalue weighted by Gasteiger charge is -2.33. The molecule has 1 aliphatic heterocycles. The van der Waals surface area contributed by atoms with Gasteiger partial charge in [0, 0.05) is 24.8 Å². The van der Waals surface area contributed by atoms with Crippen LogP contribution in [0.5, 0.6) is 0 Å². The number of rotatable bonds is 5. The molecule has 2 aromatic rings. The fourth-order valence-corrected chi connectivity index (χ4v) is 3.44. The topological polar surface area (TPSA) is 38.1 Å². The van der Waals surface area contributed by atoms with Crippen molar-refractivity contribution in [2.45, 2.75) is 39.2 Å². The first-order chi connectivity index (χ1) is 12.0. The summed E-state index contributed by atoms with van der Waals surface area (Å²) >= 11 is 0. The number of amides is 1. The van der Waals surface area contributed by atoms with Crippen molar-refractivity contribution in [2.24, 2.45) is 5.92 Å². The Kier molecular flexibility index (Phi) is 5.46. The van der Waals surface area contributed by atoms with E-state index >= 15 is 0 Å². The number of hydrogen-bond acceptors (Lipinski definition) is 2. The van der Waals surface area contributed by atoms with Gasteiger partial charge in [0.15, 0.2) is 0 Å². The highest BCUT2D eigenvalue weighted by molar-refractivity contribution is 5.76. The number of nitrogens with zero attached hydrogens (tertiary/aromatic N) is 3. The van der Waals surface area contributed by atoms with E-state index in [0.29, 0.717) is 19.4 Å². The van der Waals surface area contributed by atoms with Gasteiger partial charge in [-0.2, -0.15) is 5.10 Å². The van der Waals surface area contributed by atoms with Crippen molar-refractivity contribution in [1.29, 1.82) is 0 Å². The molecule has 1 amide bonds. The number of carbonyl (C=O) groups excluding carboxylic acids is 1. The Morgan fingerprint density at radius 3 is 2.72 bits per heavy atom. The molecule has 0 aliphatic carbocycles. The van der Waals surface area contributed by atoms with Crippen molar-refractivity contribution in [2.75, 3.05) is 13.1 Å². The zero-order valence-electron chi connectivity index (χ0n) is 14.4. The molecule has 134 valence electrons. The van der Waals surface area contributed by atoms with E-state index in [1.165, 1.54) is 18.2 Å². The summed E-state index contributed by atoms with van der Waals surface area (Å²) in [4.78, 5) is 14.3. The molecule has 1 fully saturated rings. The van der Waals surface area contributed by atoms with Gasteiger partial charge in [0.1, 0.15) is 18.2 Å². The second kappa shape index (κ2) is 7.76. The maximum Gasteiger partial charge on any atom is 0.244 e. The summed E-state index contributed by atoms with van der Waals surface area (Å²) < 4.78 is 29.1. The summed E-state index contributed by atoms with van der Waals surface area (Å²) in [7, 11) is 0. The Balaban J connectivity index is 1.55. The van der Waals surface area contributed by atoms with Gasteiger partial charge in [-0.1, -0.05) is 6.07 Å². The van der Waals surface area contributed by atoms with Crippen molar-refractivity contribution < 1.29 is 13.6 Å². The second-order valence-electron chi connectivity index (χ2n) is 6.74. The first-order valence-electron chi connectivity index (χ1n) is 8.73. The average Bonchev–Trinajstić information content (AvgIpc) is 2.99. The van der Waals surface area contributed by atoms with Crippen LogP contribution in [0.4, 0.5) is 8.78 Å². The molecule has 25 heavy (non-hydrogen) atoms. The summed E-state index contributed by atoms with van der Waals surface area (Å²) in [5.74, 6) is -0.656. The third-order valence-corrected chi connectivity index (χ3v) is 4.81. The molecular weight excluding hydrogens is 324 g/mol. The third kappa shape index (κ3) is 4.44. The van der Waals surface area contributed by atoms with E-state index < -0.39 is 11.6 Å². The predicted molar refractivity (Wildman–Crippen MR) is 90.9 cm³/mol.